The number of amides is 2. The molecular formula is C16H23N3O2. The van der Waals surface area contributed by atoms with Gasteiger partial charge in [-0.3, -0.25) is 9.59 Å². The average Bonchev–Trinajstić information content (AvgIpc) is 2.46. The normalized spacial score (nSPS) is 20.1. The van der Waals surface area contributed by atoms with Gasteiger partial charge < -0.3 is 15.5 Å². The van der Waals surface area contributed by atoms with Crippen LogP contribution in [0.4, 0.5) is 5.69 Å². The van der Waals surface area contributed by atoms with Gasteiger partial charge in [0.15, 0.2) is 0 Å². The third kappa shape index (κ3) is 3.74. The van der Waals surface area contributed by atoms with Crippen LogP contribution in [0.1, 0.15) is 18.9 Å². The first-order valence-corrected chi connectivity index (χ1v) is 7.31. The lowest BCUT2D eigenvalue weighted by atomic mass is 9.87. The van der Waals surface area contributed by atoms with E-state index in [1.807, 2.05) is 31.2 Å². The molecule has 0 aromatic heterocycles. The summed E-state index contributed by atoms with van der Waals surface area (Å²) in [5.41, 5.74) is 2.27. The molecule has 1 aromatic carbocycles. The van der Waals surface area contributed by atoms with Crippen LogP contribution >= 0.6 is 0 Å². The molecule has 114 valence electrons. The summed E-state index contributed by atoms with van der Waals surface area (Å²) < 4.78 is 0. The van der Waals surface area contributed by atoms with Crippen molar-refractivity contribution in [3.63, 3.8) is 0 Å². The van der Waals surface area contributed by atoms with Crippen LogP contribution in [-0.4, -0.2) is 43.4 Å². The maximum atomic E-state index is 12.3. The number of benzene rings is 1. The van der Waals surface area contributed by atoms with Gasteiger partial charge in [0.2, 0.25) is 11.8 Å². The highest BCUT2D eigenvalue weighted by molar-refractivity contribution is 5.82. The van der Waals surface area contributed by atoms with Gasteiger partial charge >= 0.3 is 0 Å². The van der Waals surface area contributed by atoms with Crippen molar-refractivity contribution >= 4 is 17.5 Å². The molecule has 1 aromatic rings. The van der Waals surface area contributed by atoms with E-state index in [-0.39, 0.29) is 23.8 Å². The Morgan fingerprint density at radius 2 is 2.05 bits per heavy atom. The topological polar surface area (TPSA) is 61.4 Å². The molecule has 21 heavy (non-hydrogen) atoms. The number of hydrogen-bond donors (Lipinski definition) is 2. The van der Waals surface area contributed by atoms with Crippen LogP contribution in [0.25, 0.3) is 0 Å². The predicted octanol–water partition coefficient (Wildman–Crippen LogP) is 1.25. The molecule has 0 radical (unpaired) electrons. The second-order valence-electron chi connectivity index (χ2n) is 5.73. The molecule has 0 spiro atoms. The van der Waals surface area contributed by atoms with Gasteiger partial charge in [-0.25, -0.2) is 0 Å². The van der Waals surface area contributed by atoms with Gasteiger partial charge in [0.25, 0.3) is 0 Å². The summed E-state index contributed by atoms with van der Waals surface area (Å²) in [5.74, 6) is -0.0686. The third-order valence-electron chi connectivity index (χ3n) is 3.92. The van der Waals surface area contributed by atoms with Crippen LogP contribution in [0.3, 0.4) is 0 Å². The first-order valence-electron chi connectivity index (χ1n) is 7.31. The zero-order chi connectivity index (χ0) is 15.4. The fraction of sp³-hybridized carbons (Fsp3) is 0.500. The molecule has 1 aliphatic heterocycles. The molecule has 5 heteroatoms. The Balaban J connectivity index is 1.90. The molecular weight excluding hydrogens is 266 g/mol. The lowest BCUT2D eigenvalue weighted by Gasteiger charge is -2.31. The van der Waals surface area contributed by atoms with E-state index in [0.717, 1.165) is 12.1 Å². The fourth-order valence-electron chi connectivity index (χ4n) is 2.57. The van der Waals surface area contributed by atoms with E-state index in [1.165, 1.54) is 10.5 Å². The van der Waals surface area contributed by atoms with Gasteiger partial charge in [-0.05, 0) is 25.0 Å². The van der Waals surface area contributed by atoms with Crippen molar-refractivity contribution < 1.29 is 9.59 Å². The van der Waals surface area contributed by atoms with Gasteiger partial charge in [0.1, 0.15) is 0 Å². The van der Waals surface area contributed by atoms with Crippen molar-refractivity contribution in [2.75, 3.05) is 26.0 Å². The Morgan fingerprint density at radius 3 is 2.76 bits per heavy atom. The van der Waals surface area contributed by atoms with Crippen LogP contribution in [0.2, 0.25) is 0 Å². The summed E-state index contributed by atoms with van der Waals surface area (Å²) in [5, 5.41) is 6.25. The molecule has 0 aliphatic carbocycles. The Kier molecular flexibility index (Phi) is 4.83. The largest absolute Gasteiger partial charge is 0.382 e. The fourth-order valence-corrected chi connectivity index (χ4v) is 2.57. The zero-order valence-corrected chi connectivity index (χ0v) is 12.8. The van der Waals surface area contributed by atoms with Crippen LogP contribution in [-0.2, 0) is 16.0 Å². The number of para-hydroxylation sites is 1. The molecule has 1 heterocycles. The number of fused-ring (bicyclic) bond motifs is 1. The number of nitrogens with one attached hydrogen (secondary N) is 2. The minimum Gasteiger partial charge on any atom is -0.382 e. The van der Waals surface area contributed by atoms with E-state index in [4.69, 9.17) is 0 Å². The molecule has 0 saturated heterocycles. The van der Waals surface area contributed by atoms with Crippen molar-refractivity contribution in [3.05, 3.63) is 29.8 Å². The van der Waals surface area contributed by atoms with Crippen LogP contribution < -0.4 is 10.6 Å². The standard InChI is InChI=1S/C16H23N3O2/c1-11-13(10-12-6-4-5-7-14(12)18-11)16(21)17-9-8-15(20)19(2)3/h4-7,11,13,18H,8-10H2,1-3H3,(H,17,21). The van der Waals surface area contributed by atoms with E-state index >= 15 is 0 Å². The van der Waals surface area contributed by atoms with Gasteiger partial charge in [0, 0.05) is 38.8 Å². The molecule has 0 bridgehead atoms. The maximum Gasteiger partial charge on any atom is 0.225 e. The van der Waals surface area contributed by atoms with E-state index in [0.29, 0.717) is 13.0 Å². The van der Waals surface area contributed by atoms with Crippen molar-refractivity contribution in [1.29, 1.82) is 0 Å². The Labute approximate surface area is 125 Å². The maximum absolute atomic E-state index is 12.3. The number of carbonyl (C=O) groups excluding carboxylic acids is 2. The lowest BCUT2D eigenvalue weighted by molar-refractivity contribution is -0.129. The summed E-state index contributed by atoms with van der Waals surface area (Å²) in [6.07, 6.45) is 1.07. The number of carbonyl (C=O) groups is 2. The summed E-state index contributed by atoms with van der Waals surface area (Å²) in [7, 11) is 3.43. The van der Waals surface area contributed by atoms with Crippen LogP contribution in [0.15, 0.2) is 24.3 Å². The lowest BCUT2D eigenvalue weighted by Crippen LogP contribution is -2.44. The van der Waals surface area contributed by atoms with E-state index in [1.54, 1.807) is 14.1 Å². The molecule has 2 N–H and O–H groups in total. The third-order valence-corrected chi connectivity index (χ3v) is 3.92. The van der Waals surface area contributed by atoms with Crippen molar-refractivity contribution in [2.24, 2.45) is 5.92 Å². The van der Waals surface area contributed by atoms with Gasteiger partial charge in [0.05, 0.1) is 5.92 Å². The number of hydrogen-bond acceptors (Lipinski definition) is 3. The monoisotopic (exact) mass is 289 g/mol. The molecule has 0 fully saturated rings. The molecule has 2 amide bonds. The number of rotatable bonds is 4. The SMILES string of the molecule is CC1Nc2ccccc2CC1C(=O)NCCC(=O)N(C)C. The van der Waals surface area contributed by atoms with Gasteiger partial charge in [-0.15, -0.1) is 0 Å². The Bertz CT molecular complexity index is 528. The molecule has 1 aliphatic rings. The molecule has 2 atom stereocenters. The summed E-state index contributed by atoms with van der Waals surface area (Å²) in [4.78, 5) is 25.3. The number of nitrogens with zero attached hydrogens (tertiary/aromatic N) is 1. The second kappa shape index (κ2) is 6.61. The number of anilines is 1. The van der Waals surface area contributed by atoms with Crippen molar-refractivity contribution in [1.82, 2.24) is 10.2 Å². The smallest absolute Gasteiger partial charge is 0.225 e. The quantitative estimate of drug-likeness (QED) is 0.877. The first-order chi connectivity index (χ1) is 9.99. The van der Waals surface area contributed by atoms with Gasteiger partial charge in [-0.2, -0.15) is 0 Å². The average molecular weight is 289 g/mol. The molecule has 0 saturated carbocycles. The Morgan fingerprint density at radius 1 is 1.33 bits per heavy atom. The first kappa shape index (κ1) is 15.4. The zero-order valence-electron chi connectivity index (χ0n) is 12.8. The van der Waals surface area contributed by atoms with E-state index in [2.05, 4.69) is 10.6 Å². The van der Waals surface area contributed by atoms with Crippen LogP contribution in [0.5, 0.6) is 0 Å². The molecule has 2 rings (SSSR count). The highest BCUT2D eigenvalue weighted by atomic mass is 16.2. The highest BCUT2D eigenvalue weighted by Crippen LogP contribution is 2.28. The second-order valence-corrected chi connectivity index (χ2v) is 5.73. The Hall–Kier alpha value is -2.04. The summed E-state index contributed by atoms with van der Waals surface area (Å²) >= 11 is 0. The minimum absolute atomic E-state index is 0.0102. The molecule has 5 nitrogen and oxygen atoms in total. The van der Waals surface area contributed by atoms with Crippen LogP contribution in [0, 0.1) is 5.92 Å². The summed E-state index contributed by atoms with van der Waals surface area (Å²) in [6, 6.07) is 8.15. The minimum atomic E-state index is -0.102. The summed E-state index contributed by atoms with van der Waals surface area (Å²) in [6.45, 7) is 2.41. The van der Waals surface area contributed by atoms with E-state index in [9.17, 15) is 9.59 Å². The highest BCUT2D eigenvalue weighted by Gasteiger charge is 2.30. The van der Waals surface area contributed by atoms with Crippen molar-refractivity contribution in [3.8, 4) is 0 Å². The van der Waals surface area contributed by atoms with Crippen molar-refractivity contribution in [2.45, 2.75) is 25.8 Å². The molecule has 2 unspecified atom stereocenters. The van der Waals surface area contributed by atoms with Gasteiger partial charge in [-0.1, -0.05) is 18.2 Å². The predicted molar refractivity (Wildman–Crippen MR) is 83.0 cm³/mol. The van der Waals surface area contributed by atoms with E-state index < -0.39 is 0 Å².